The summed E-state index contributed by atoms with van der Waals surface area (Å²) in [5, 5.41) is 9.62. The Bertz CT molecular complexity index is 1170. The Kier molecular flexibility index (Phi) is 4.53. The number of carbonyl (C=O) groups is 1. The van der Waals surface area contributed by atoms with E-state index in [-0.39, 0.29) is 11.1 Å². The van der Waals surface area contributed by atoms with Crippen LogP contribution in [-0.2, 0) is 6.54 Å². The van der Waals surface area contributed by atoms with Gasteiger partial charge < -0.3 is 9.84 Å². The second kappa shape index (κ2) is 7.15. The standard InChI is InChI=1S/C22H18N2O4/c1-2-11-28-17-6-3-14(4-7-17)12-15-9-10-24-20(15)23-19-13-16(22(26)27)5-8-18(19)21(24)25/h2-8,12-13H,1,9-11H2,(H,26,27)/b15-12-. The minimum absolute atomic E-state index is 0.114. The highest BCUT2D eigenvalue weighted by Gasteiger charge is 2.21. The van der Waals surface area contributed by atoms with Crippen LogP contribution in [-0.4, -0.2) is 27.2 Å². The van der Waals surface area contributed by atoms with E-state index >= 15 is 0 Å². The fourth-order valence-electron chi connectivity index (χ4n) is 3.30. The quantitative estimate of drug-likeness (QED) is 0.690. The molecule has 0 unspecified atom stereocenters. The molecule has 6 heteroatoms. The van der Waals surface area contributed by atoms with E-state index in [0.717, 1.165) is 16.9 Å². The van der Waals surface area contributed by atoms with Gasteiger partial charge in [-0.25, -0.2) is 9.78 Å². The van der Waals surface area contributed by atoms with Crippen LogP contribution < -0.4 is 10.3 Å². The number of carboxylic acid groups (broad SMARTS) is 1. The number of hydrogen-bond donors (Lipinski definition) is 1. The number of hydrogen-bond acceptors (Lipinski definition) is 4. The molecule has 28 heavy (non-hydrogen) atoms. The van der Waals surface area contributed by atoms with Gasteiger partial charge in [0.2, 0.25) is 0 Å². The van der Waals surface area contributed by atoms with Crippen molar-refractivity contribution in [2.24, 2.45) is 0 Å². The fraction of sp³-hybridized carbons (Fsp3) is 0.136. The van der Waals surface area contributed by atoms with E-state index < -0.39 is 5.97 Å². The smallest absolute Gasteiger partial charge is 0.335 e. The first-order chi connectivity index (χ1) is 13.6. The molecule has 0 fully saturated rings. The number of fused-ring (bicyclic) bond motifs is 2. The minimum Gasteiger partial charge on any atom is -0.490 e. The van der Waals surface area contributed by atoms with E-state index in [9.17, 15) is 14.7 Å². The molecule has 0 spiro atoms. The zero-order valence-corrected chi connectivity index (χ0v) is 15.1. The summed E-state index contributed by atoms with van der Waals surface area (Å²) >= 11 is 0. The van der Waals surface area contributed by atoms with Crippen LogP contribution in [0.3, 0.4) is 0 Å². The Morgan fingerprint density at radius 2 is 2.04 bits per heavy atom. The molecule has 4 rings (SSSR count). The van der Waals surface area contributed by atoms with E-state index in [1.807, 2.05) is 30.3 Å². The highest BCUT2D eigenvalue weighted by atomic mass is 16.5. The van der Waals surface area contributed by atoms with Crippen LogP contribution in [0, 0.1) is 0 Å². The second-order valence-electron chi connectivity index (χ2n) is 6.52. The lowest BCUT2D eigenvalue weighted by atomic mass is 10.1. The van der Waals surface area contributed by atoms with Crippen LogP contribution in [0.5, 0.6) is 5.75 Å². The van der Waals surface area contributed by atoms with Crippen molar-refractivity contribution in [1.29, 1.82) is 0 Å². The van der Waals surface area contributed by atoms with E-state index in [1.54, 1.807) is 10.6 Å². The highest BCUT2D eigenvalue weighted by molar-refractivity contribution is 5.93. The average Bonchev–Trinajstić information content (AvgIpc) is 3.10. The van der Waals surface area contributed by atoms with E-state index in [4.69, 9.17) is 4.74 Å². The molecule has 0 amide bonds. The van der Waals surface area contributed by atoms with E-state index in [2.05, 4.69) is 11.6 Å². The van der Waals surface area contributed by atoms with E-state index in [0.29, 0.717) is 36.3 Å². The highest BCUT2D eigenvalue weighted by Crippen LogP contribution is 2.28. The summed E-state index contributed by atoms with van der Waals surface area (Å²) in [5.41, 5.74) is 2.29. The zero-order valence-electron chi connectivity index (χ0n) is 15.1. The molecule has 1 aliphatic rings. The Morgan fingerprint density at radius 1 is 1.25 bits per heavy atom. The van der Waals surface area contributed by atoms with Gasteiger partial charge in [0.15, 0.2) is 0 Å². The van der Waals surface area contributed by atoms with Gasteiger partial charge in [-0.1, -0.05) is 24.8 Å². The minimum atomic E-state index is -1.04. The van der Waals surface area contributed by atoms with Gasteiger partial charge in [0.1, 0.15) is 18.2 Å². The molecule has 0 saturated carbocycles. The molecular formula is C22H18N2O4. The Balaban J connectivity index is 1.74. The summed E-state index contributed by atoms with van der Waals surface area (Å²) < 4.78 is 7.14. The van der Waals surface area contributed by atoms with Crippen molar-refractivity contribution in [2.75, 3.05) is 6.61 Å². The van der Waals surface area contributed by atoms with Crippen molar-refractivity contribution in [3.05, 3.63) is 82.4 Å². The van der Waals surface area contributed by atoms with Gasteiger partial charge in [-0.2, -0.15) is 0 Å². The van der Waals surface area contributed by atoms with Crippen molar-refractivity contribution in [3.63, 3.8) is 0 Å². The van der Waals surface area contributed by atoms with Gasteiger partial charge in [0, 0.05) is 6.54 Å². The molecule has 2 heterocycles. The third-order valence-corrected chi connectivity index (χ3v) is 4.68. The Morgan fingerprint density at radius 3 is 2.75 bits per heavy atom. The second-order valence-corrected chi connectivity index (χ2v) is 6.52. The molecule has 140 valence electrons. The maximum Gasteiger partial charge on any atom is 0.335 e. The summed E-state index contributed by atoms with van der Waals surface area (Å²) in [6.45, 7) is 4.64. The first-order valence-electron chi connectivity index (χ1n) is 8.89. The van der Waals surface area contributed by atoms with Gasteiger partial charge in [-0.05, 0) is 54.0 Å². The molecular weight excluding hydrogens is 356 g/mol. The fourth-order valence-corrected chi connectivity index (χ4v) is 3.30. The summed E-state index contributed by atoms with van der Waals surface area (Å²) in [5.74, 6) is 0.307. The van der Waals surface area contributed by atoms with Crippen molar-refractivity contribution in [2.45, 2.75) is 13.0 Å². The predicted octanol–water partition coefficient (Wildman–Crippen LogP) is 3.60. The summed E-state index contributed by atoms with van der Waals surface area (Å²) in [6.07, 6.45) is 4.38. The lowest BCUT2D eigenvalue weighted by Crippen LogP contribution is -2.20. The van der Waals surface area contributed by atoms with Crippen molar-refractivity contribution in [3.8, 4) is 5.75 Å². The largest absolute Gasteiger partial charge is 0.490 e. The third kappa shape index (κ3) is 3.20. The Hall–Kier alpha value is -3.67. The molecule has 0 saturated heterocycles. The van der Waals surface area contributed by atoms with Crippen LogP contribution in [0.15, 0.2) is 59.9 Å². The molecule has 3 aromatic rings. The maximum absolute atomic E-state index is 12.8. The predicted molar refractivity (Wildman–Crippen MR) is 108 cm³/mol. The molecule has 1 N–H and O–H groups in total. The molecule has 6 nitrogen and oxygen atoms in total. The molecule has 0 aliphatic carbocycles. The number of carboxylic acids is 1. The van der Waals surface area contributed by atoms with Crippen molar-refractivity contribution >= 4 is 28.5 Å². The lowest BCUT2D eigenvalue weighted by Gasteiger charge is -2.07. The average molecular weight is 374 g/mol. The van der Waals surface area contributed by atoms with Crippen LogP contribution in [0.4, 0.5) is 0 Å². The maximum atomic E-state index is 12.8. The molecule has 2 aromatic carbocycles. The van der Waals surface area contributed by atoms with Crippen LogP contribution >= 0.6 is 0 Å². The summed E-state index contributed by atoms with van der Waals surface area (Å²) in [7, 11) is 0. The molecule has 0 atom stereocenters. The van der Waals surface area contributed by atoms with Gasteiger partial charge in [-0.15, -0.1) is 0 Å². The number of nitrogens with zero attached hydrogens (tertiary/aromatic N) is 2. The number of ether oxygens (including phenoxy) is 1. The van der Waals surface area contributed by atoms with Gasteiger partial charge in [-0.3, -0.25) is 9.36 Å². The van der Waals surface area contributed by atoms with Gasteiger partial charge >= 0.3 is 5.97 Å². The van der Waals surface area contributed by atoms with Gasteiger partial charge in [0.05, 0.1) is 16.5 Å². The monoisotopic (exact) mass is 374 g/mol. The zero-order chi connectivity index (χ0) is 19.7. The number of aromatic carboxylic acids is 1. The normalized spacial score (nSPS) is 14.2. The van der Waals surface area contributed by atoms with E-state index in [1.165, 1.54) is 18.2 Å². The SMILES string of the molecule is C=CCOc1ccc(/C=C2/CCn3c2nc2cc(C(=O)O)ccc2c3=O)cc1. The first-order valence-corrected chi connectivity index (χ1v) is 8.89. The summed E-state index contributed by atoms with van der Waals surface area (Å²) in [6, 6.07) is 12.1. The van der Waals surface area contributed by atoms with Crippen molar-refractivity contribution < 1.29 is 14.6 Å². The number of benzene rings is 2. The topological polar surface area (TPSA) is 81.4 Å². The first kappa shape index (κ1) is 17.7. The number of aromatic nitrogens is 2. The van der Waals surface area contributed by atoms with Crippen molar-refractivity contribution in [1.82, 2.24) is 9.55 Å². The third-order valence-electron chi connectivity index (χ3n) is 4.68. The Labute approximate surface area is 161 Å². The molecule has 0 bridgehead atoms. The number of allylic oxidation sites excluding steroid dienone is 1. The van der Waals surface area contributed by atoms with Gasteiger partial charge in [0.25, 0.3) is 5.56 Å². The molecule has 1 aromatic heterocycles. The van der Waals surface area contributed by atoms with Crippen LogP contribution in [0.2, 0.25) is 0 Å². The molecule has 1 aliphatic heterocycles. The molecule has 0 radical (unpaired) electrons. The van der Waals surface area contributed by atoms with Crippen LogP contribution in [0.25, 0.3) is 22.6 Å². The number of rotatable bonds is 5. The lowest BCUT2D eigenvalue weighted by molar-refractivity contribution is 0.0697. The summed E-state index contributed by atoms with van der Waals surface area (Å²) in [4.78, 5) is 28.6. The van der Waals surface area contributed by atoms with Crippen LogP contribution in [0.1, 0.15) is 28.2 Å².